The Hall–Kier alpha value is -4.00. The minimum Gasteiger partial charge on any atom is -0.321 e. The second-order valence-corrected chi connectivity index (χ2v) is 7.73. The maximum Gasteiger partial charge on any atom is 0.257 e. The number of carbonyl (C=O) groups is 2. The molecule has 4 aromatic rings. The van der Waals surface area contributed by atoms with Crippen LogP contribution in [-0.2, 0) is 4.79 Å². The molecule has 31 heavy (non-hydrogen) atoms. The Morgan fingerprint density at radius 2 is 1.90 bits per heavy atom. The lowest BCUT2D eigenvalue weighted by Gasteiger charge is -2.10. The summed E-state index contributed by atoms with van der Waals surface area (Å²) >= 11 is 0. The van der Waals surface area contributed by atoms with Crippen LogP contribution in [0.1, 0.15) is 28.9 Å². The van der Waals surface area contributed by atoms with Crippen molar-refractivity contribution in [1.82, 2.24) is 14.5 Å². The Labute approximate surface area is 179 Å². The third kappa shape index (κ3) is 3.90. The Balaban J connectivity index is 1.43. The standard InChI is InChI=1S/C24H21N5O2/c1-15-5-6-17(14-26-15)24(31)27-20-3-2-4-21-19(20)10-12-29(21)18-9-11-25-22(13-18)28-23(30)16-7-8-16/h2-6,9-14,16H,7-8H2,1H3,(H,27,31)(H,25,28,30). The first-order valence-electron chi connectivity index (χ1n) is 10.2. The number of rotatable bonds is 5. The van der Waals surface area contributed by atoms with Crippen molar-refractivity contribution >= 4 is 34.2 Å². The van der Waals surface area contributed by atoms with Crippen molar-refractivity contribution < 1.29 is 9.59 Å². The number of nitrogens with zero attached hydrogens (tertiary/aromatic N) is 3. The van der Waals surface area contributed by atoms with Crippen LogP contribution in [0.15, 0.2) is 67.1 Å². The molecule has 0 spiro atoms. The molecule has 0 bridgehead atoms. The van der Waals surface area contributed by atoms with Crippen LogP contribution in [0.4, 0.5) is 11.5 Å². The van der Waals surface area contributed by atoms with Crippen molar-refractivity contribution in [2.24, 2.45) is 5.92 Å². The van der Waals surface area contributed by atoms with E-state index in [1.54, 1.807) is 18.5 Å². The Morgan fingerprint density at radius 1 is 1.03 bits per heavy atom. The van der Waals surface area contributed by atoms with Crippen molar-refractivity contribution in [3.8, 4) is 5.69 Å². The molecular formula is C24H21N5O2. The van der Waals surface area contributed by atoms with Crippen LogP contribution in [0.3, 0.4) is 0 Å². The van der Waals surface area contributed by atoms with Crippen LogP contribution >= 0.6 is 0 Å². The van der Waals surface area contributed by atoms with Gasteiger partial charge < -0.3 is 15.2 Å². The number of anilines is 2. The molecule has 1 fully saturated rings. The molecule has 3 aromatic heterocycles. The number of pyridine rings is 2. The molecule has 7 heteroatoms. The van der Waals surface area contributed by atoms with Crippen LogP contribution in [0, 0.1) is 12.8 Å². The quantitative estimate of drug-likeness (QED) is 0.512. The Kier molecular flexibility index (Phi) is 4.71. The summed E-state index contributed by atoms with van der Waals surface area (Å²) in [5.74, 6) is 0.472. The number of hydrogen-bond donors (Lipinski definition) is 2. The summed E-state index contributed by atoms with van der Waals surface area (Å²) in [5.41, 5.74) is 3.90. The van der Waals surface area contributed by atoms with Crippen molar-refractivity contribution in [3.63, 3.8) is 0 Å². The van der Waals surface area contributed by atoms with E-state index in [1.807, 2.05) is 60.2 Å². The fourth-order valence-corrected chi connectivity index (χ4v) is 3.51. The minimum atomic E-state index is -0.207. The maximum absolute atomic E-state index is 12.6. The topological polar surface area (TPSA) is 88.9 Å². The van der Waals surface area contributed by atoms with Gasteiger partial charge >= 0.3 is 0 Å². The van der Waals surface area contributed by atoms with E-state index in [1.165, 1.54) is 0 Å². The molecule has 1 saturated carbocycles. The molecule has 154 valence electrons. The summed E-state index contributed by atoms with van der Waals surface area (Å²) in [4.78, 5) is 33.2. The number of aromatic nitrogens is 3. The van der Waals surface area contributed by atoms with Crippen LogP contribution in [0.25, 0.3) is 16.6 Å². The van der Waals surface area contributed by atoms with Gasteiger partial charge in [0.2, 0.25) is 5.91 Å². The first kappa shape index (κ1) is 19.0. The lowest BCUT2D eigenvalue weighted by atomic mass is 10.2. The highest BCUT2D eigenvalue weighted by atomic mass is 16.2. The fraction of sp³-hybridized carbons (Fsp3) is 0.167. The van der Waals surface area contributed by atoms with Gasteiger partial charge in [-0.15, -0.1) is 0 Å². The maximum atomic E-state index is 12.6. The first-order valence-corrected chi connectivity index (χ1v) is 10.2. The molecule has 1 aromatic carbocycles. The molecule has 3 heterocycles. The molecule has 0 saturated heterocycles. The fourth-order valence-electron chi connectivity index (χ4n) is 3.51. The van der Waals surface area contributed by atoms with Gasteiger partial charge in [-0.05, 0) is 56.2 Å². The van der Waals surface area contributed by atoms with Crippen LogP contribution in [0.5, 0.6) is 0 Å². The van der Waals surface area contributed by atoms with Gasteiger partial charge in [0.15, 0.2) is 0 Å². The molecule has 1 aliphatic carbocycles. The van der Waals surface area contributed by atoms with Gasteiger partial charge in [-0.3, -0.25) is 14.6 Å². The third-order valence-electron chi connectivity index (χ3n) is 5.38. The monoisotopic (exact) mass is 411 g/mol. The van der Waals surface area contributed by atoms with Gasteiger partial charge in [0, 0.05) is 41.7 Å². The van der Waals surface area contributed by atoms with E-state index >= 15 is 0 Å². The van der Waals surface area contributed by atoms with Gasteiger partial charge in [-0.1, -0.05) is 6.07 Å². The SMILES string of the molecule is Cc1ccc(C(=O)Nc2cccc3c2ccn3-c2ccnc(NC(=O)C3CC3)c2)cn1. The average molecular weight is 411 g/mol. The molecule has 1 aliphatic rings. The van der Waals surface area contributed by atoms with E-state index in [-0.39, 0.29) is 17.7 Å². The molecule has 2 amide bonds. The summed E-state index contributed by atoms with van der Waals surface area (Å²) < 4.78 is 2.01. The highest BCUT2D eigenvalue weighted by molar-refractivity contribution is 6.09. The highest BCUT2D eigenvalue weighted by Gasteiger charge is 2.29. The summed E-state index contributed by atoms with van der Waals surface area (Å²) in [6.45, 7) is 1.88. The number of nitrogens with one attached hydrogen (secondary N) is 2. The number of aryl methyl sites for hydroxylation is 1. The molecular weight excluding hydrogens is 390 g/mol. The first-order chi connectivity index (χ1) is 15.1. The minimum absolute atomic E-state index is 0.0256. The molecule has 0 atom stereocenters. The highest BCUT2D eigenvalue weighted by Crippen LogP contribution is 2.31. The van der Waals surface area contributed by atoms with Crippen molar-refractivity contribution in [3.05, 3.63) is 78.4 Å². The molecule has 0 radical (unpaired) electrons. The lowest BCUT2D eigenvalue weighted by Crippen LogP contribution is -2.14. The molecule has 0 aliphatic heterocycles. The third-order valence-corrected chi connectivity index (χ3v) is 5.38. The Bertz CT molecular complexity index is 1290. The predicted molar refractivity (Wildman–Crippen MR) is 119 cm³/mol. The average Bonchev–Trinajstić information content (AvgIpc) is 3.54. The molecule has 7 nitrogen and oxygen atoms in total. The lowest BCUT2D eigenvalue weighted by molar-refractivity contribution is -0.117. The summed E-state index contributed by atoms with van der Waals surface area (Å²) in [6, 6.07) is 15.0. The van der Waals surface area contributed by atoms with E-state index in [2.05, 4.69) is 20.6 Å². The van der Waals surface area contributed by atoms with Gasteiger partial charge in [-0.2, -0.15) is 0 Å². The summed E-state index contributed by atoms with van der Waals surface area (Å²) in [5, 5.41) is 6.78. The van der Waals surface area contributed by atoms with E-state index in [0.717, 1.165) is 40.8 Å². The molecule has 2 N–H and O–H groups in total. The Morgan fingerprint density at radius 3 is 2.68 bits per heavy atom. The number of fused-ring (bicyclic) bond motifs is 1. The molecule has 0 unspecified atom stereocenters. The van der Waals surface area contributed by atoms with Gasteiger partial charge in [0.05, 0.1) is 22.5 Å². The number of carbonyl (C=O) groups excluding carboxylic acids is 2. The number of hydrogen-bond acceptors (Lipinski definition) is 4. The van der Waals surface area contributed by atoms with Crippen molar-refractivity contribution in [2.45, 2.75) is 19.8 Å². The van der Waals surface area contributed by atoms with E-state index in [4.69, 9.17) is 0 Å². The van der Waals surface area contributed by atoms with E-state index < -0.39 is 0 Å². The van der Waals surface area contributed by atoms with Crippen LogP contribution in [-0.4, -0.2) is 26.3 Å². The predicted octanol–water partition coefficient (Wildman–Crippen LogP) is 4.33. The number of amides is 2. The van der Waals surface area contributed by atoms with Crippen LogP contribution < -0.4 is 10.6 Å². The normalized spacial score (nSPS) is 13.2. The summed E-state index contributed by atoms with van der Waals surface area (Å²) in [7, 11) is 0. The van der Waals surface area contributed by atoms with Crippen LogP contribution in [0.2, 0.25) is 0 Å². The van der Waals surface area contributed by atoms with E-state index in [0.29, 0.717) is 11.4 Å². The second kappa shape index (κ2) is 7.68. The van der Waals surface area contributed by atoms with Gasteiger partial charge in [0.1, 0.15) is 5.82 Å². The molecule has 5 rings (SSSR count). The largest absolute Gasteiger partial charge is 0.321 e. The smallest absolute Gasteiger partial charge is 0.257 e. The van der Waals surface area contributed by atoms with Gasteiger partial charge in [0.25, 0.3) is 5.91 Å². The zero-order chi connectivity index (χ0) is 21.4. The zero-order valence-corrected chi connectivity index (χ0v) is 17.0. The van der Waals surface area contributed by atoms with Gasteiger partial charge in [-0.25, -0.2) is 4.98 Å². The van der Waals surface area contributed by atoms with E-state index in [9.17, 15) is 9.59 Å². The van der Waals surface area contributed by atoms with Crippen molar-refractivity contribution in [2.75, 3.05) is 10.6 Å². The van der Waals surface area contributed by atoms with Crippen molar-refractivity contribution in [1.29, 1.82) is 0 Å². The zero-order valence-electron chi connectivity index (χ0n) is 17.0. The second-order valence-electron chi connectivity index (χ2n) is 7.73. The number of benzene rings is 1. The summed E-state index contributed by atoms with van der Waals surface area (Å²) in [6.07, 6.45) is 7.08.